The van der Waals surface area contributed by atoms with Crippen LogP contribution >= 0.6 is 0 Å². The third-order valence-corrected chi connectivity index (χ3v) is 3.20. The Morgan fingerprint density at radius 3 is 2.65 bits per heavy atom. The molecule has 2 rings (SSSR count). The average molecular weight is 230 g/mol. The Morgan fingerprint density at radius 2 is 2.06 bits per heavy atom. The summed E-state index contributed by atoms with van der Waals surface area (Å²) in [5.41, 5.74) is 4.55. The van der Waals surface area contributed by atoms with E-state index < -0.39 is 6.10 Å². The van der Waals surface area contributed by atoms with Gasteiger partial charge in [0.05, 0.1) is 24.3 Å². The number of aromatic nitrogens is 2. The minimum absolute atomic E-state index is 0.496. The number of aryl methyl sites for hydroxylation is 3. The predicted octanol–water partition coefficient (Wildman–Crippen LogP) is 2.31. The Labute approximate surface area is 102 Å². The van der Waals surface area contributed by atoms with Crippen molar-refractivity contribution in [2.24, 2.45) is 7.05 Å². The average Bonchev–Trinajstić information content (AvgIpc) is 2.70. The summed E-state index contributed by atoms with van der Waals surface area (Å²) in [7, 11) is 1.89. The zero-order valence-corrected chi connectivity index (χ0v) is 10.5. The van der Waals surface area contributed by atoms with Gasteiger partial charge in [0.1, 0.15) is 0 Å². The maximum Gasteiger partial charge on any atom is 0.0995 e. The number of nitrogens with zero attached hydrogens (tertiary/aromatic N) is 2. The molecule has 0 aliphatic carbocycles. The lowest BCUT2D eigenvalue weighted by Crippen LogP contribution is -2.06. The fourth-order valence-electron chi connectivity index (χ4n) is 1.95. The molecule has 17 heavy (non-hydrogen) atoms. The van der Waals surface area contributed by atoms with Gasteiger partial charge in [0.2, 0.25) is 0 Å². The number of rotatable bonds is 3. The second-order valence-electron chi connectivity index (χ2n) is 4.57. The standard InChI is InChI=1S/C14H18N2O/c1-10-4-5-12(6-11(10)2)7-14(17)13-8-15-9-16(13)3/h4-6,8-9,14,17H,7H2,1-3H3. The van der Waals surface area contributed by atoms with Crippen LogP contribution in [0.2, 0.25) is 0 Å². The van der Waals surface area contributed by atoms with Crippen molar-refractivity contribution in [3.05, 3.63) is 53.1 Å². The van der Waals surface area contributed by atoms with Gasteiger partial charge < -0.3 is 9.67 Å². The van der Waals surface area contributed by atoms with E-state index in [0.29, 0.717) is 6.42 Å². The van der Waals surface area contributed by atoms with E-state index >= 15 is 0 Å². The van der Waals surface area contributed by atoms with Crippen molar-refractivity contribution >= 4 is 0 Å². The lowest BCUT2D eigenvalue weighted by molar-refractivity contribution is 0.170. The van der Waals surface area contributed by atoms with Crippen molar-refractivity contribution < 1.29 is 5.11 Å². The summed E-state index contributed by atoms with van der Waals surface area (Å²) in [5.74, 6) is 0. The summed E-state index contributed by atoms with van der Waals surface area (Å²) in [4.78, 5) is 4.02. The molecule has 1 aromatic heterocycles. The monoisotopic (exact) mass is 230 g/mol. The highest BCUT2D eigenvalue weighted by Gasteiger charge is 2.12. The van der Waals surface area contributed by atoms with Gasteiger partial charge >= 0.3 is 0 Å². The molecule has 0 radical (unpaired) electrons. The van der Waals surface area contributed by atoms with E-state index in [0.717, 1.165) is 11.3 Å². The van der Waals surface area contributed by atoms with Crippen LogP contribution < -0.4 is 0 Å². The zero-order valence-electron chi connectivity index (χ0n) is 10.5. The van der Waals surface area contributed by atoms with E-state index in [4.69, 9.17) is 0 Å². The molecule has 0 spiro atoms. The van der Waals surface area contributed by atoms with Crippen LogP contribution in [0, 0.1) is 13.8 Å². The van der Waals surface area contributed by atoms with Gasteiger partial charge in [0, 0.05) is 13.5 Å². The van der Waals surface area contributed by atoms with Crippen LogP contribution in [-0.2, 0) is 13.5 Å². The van der Waals surface area contributed by atoms with Crippen LogP contribution in [0.5, 0.6) is 0 Å². The molecule has 1 aromatic carbocycles. The largest absolute Gasteiger partial charge is 0.386 e. The van der Waals surface area contributed by atoms with Gasteiger partial charge in [-0.25, -0.2) is 4.98 Å². The number of benzene rings is 1. The van der Waals surface area contributed by atoms with Crippen molar-refractivity contribution in [3.8, 4) is 0 Å². The smallest absolute Gasteiger partial charge is 0.0995 e. The minimum atomic E-state index is -0.496. The predicted molar refractivity (Wildman–Crippen MR) is 67.8 cm³/mol. The van der Waals surface area contributed by atoms with Gasteiger partial charge in [-0.05, 0) is 30.5 Å². The van der Waals surface area contributed by atoms with Gasteiger partial charge in [-0.3, -0.25) is 0 Å². The van der Waals surface area contributed by atoms with Crippen LogP contribution in [0.15, 0.2) is 30.7 Å². The molecule has 0 saturated carbocycles. The van der Waals surface area contributed by atoms with Gasteiger partial charge in [-0.1, -0.05) is 18.2 Å². The summed E-state index contributed by atoms with van der Waals surface area (Å²) in [6.07, 6.45) is 3.55. The molecule has 3 heteroatoms. The summed E-state index contributed by atoms with van der Waals surface area (Å²) >= 11 is 0. The fourth-order valence-corrected chi connectivity index (χ4v) is 1.95. The summed E-state index contributed by atoms with van der Waals surface area (Å²) in [6, 6.07) is 6.30. The van der Waals surface area contributed by atoms with E-state index in [1.165, 1.54) is 11.1 Å². The molecule has 1 N–H and O–H groups in total. The SMILES string of the molecule is Cc1ccc(CC(O)c2cncn2C)cc1C. The molecular formula is C14H18N2O. The molecule has 0 aliphatic rings. The summed E-state index contributed by atoms with van der Waals surface area (Å²) in [6.45, 7) is 4.19. The second-order valence-corrected chi connectivity index (χ2v) is 4.57. The van der Waals surface area contributed by atoms with Crippen LogP contribution in [0.3, 0.4) is 0 Å². The highest BCUT2D eigenvalue weighted by molar-refractivity contribution is 5.30. The molecule has 2 aromatic rings. The van der Waals surface area contributed by atoms with Crippen LogP contribution in [-0.4, -0.2) is 14.7 Å². The second kappa shape index (κ2) is 4.72. The van der Waals surface area contributed by atoms with E-state index in [1.807, 2.05) is 11.6 Å². The first-order chi connectivity index (χ1) is 8.08. The number of aliphatic hydroxyl groups excluding tert-OH is 1. The van der Waals surface area contributed by atoms with Crippen LogP contribution in [0.25, 0.3) is 0 Å². The molecule has 90 valence electrons. The number of aliphatic hydroxyl groups is 1. The third-order valence-electron chi connectivity index (χ3n) is 3.20. The topological polar surface area (TPSA) is 38.1 Å². The van der Waals surface area contributed by atoms with E-state index in [9.17, 15) is 5.11 Å². The maximum atomic E-state index is 10.1. The fraction of sp³-hybridized carbons (Fsp3) is 0.357. The summed E-state index contributed by atoms with van der Waals surface area (Å²) in [5, 5.41) is 10.1. The van der Waals surface area contributed by atoms with Crippen molar-refractivity contribution in [3.63, 3.8) is 0 Å². The molecule has 0 bridgehead atoms. The third kappa shape index (κ3) is 2.56. The Bertz CT molecular complexity index is 517. The highest BCUT2D eigenvalue weighted by atomic mass is 16.3. The summed E-state index contributed by atoms with van der Waals surface area (Å²) < 4.78 is 1.85. The molecule has 0 aliphatic heterocycles. The first-order valence-electron chi connectivity index (χ1n) is 5.78. The Hall–Kier alpha value is -1.61. The van der Waals surface area contributed by atoms with E-state index in [1.54, 1.807) is 12.5 Å². The maximum absolute atomic E-state index is 10.1. The van der Waals surface area contributed by atoms with Gasteiger partial charge in [-0.2, -0.15) is 0 Å². The molecule has 3 nitrogen and oxygen atoms in total. The van der Waals surface area contributed by atoms with E-state index in [2.05, 4.69) is 37.0 Å². The molecule has 1 unspecified atom stereocenters. The van der Waals surface area contributed by atoms with Gasteiger partial charge in [0.15, 0.2) is 0 Å². The first-order valence-corrected chi connectivity index (χ1v) is 5.78. The normalized spacial score (nSPS) is 12.7. The molecule has 0 amide bonds. The first kappa shape index (κ1) is 11.9. The quantitative estimate of drug-likeness (QED) is 0.878. The Morgan fingerprint density at radius 1 is 1.29 bits per heavy atom. The van der Waals surface area contributed by atoms with Crippen LogP contribution in [0.4, 0.5) is 0 Å². The van der Waals surface area contributed by atoms with Crippen molar-refractivity contribution in [1.82, 2.24) is 9.55 Å². The Balaban J connectivity index is 2.16. The molecular weight excluding hydrogens is 212 g/mol. The molecule has 0 fully saturated rings. The lowest BCUT2D eigenvalue weighted by Gasteiger charge is -2.12. The van der Waals surface area contributed by atoms with E-state index in [-0.39, 0.29) is 0 Å². The van der Waals surface area contributed by atoms with Gasteiger partial charge in [0.25, 0.3) is 0 Å². The molecule has 0 saturated heterocycles. The van der Waals surface area contributed by atoms with Crippen molar-refractivity contribution in [1.29, 1.82) is 0 Å². The number of imidazole rings is 1. The Kier molecular flexibility index (Phi) is 3.29. The molecule has 1 heterocycles. The highest BCUT2D eigenvalue weighted by Crippen LogP contribution is 2.19. The van der Waals surface area contributed by atoms with Crippen LogP contribution in [0.1, 0.15) is 28.5 Å². The zero-order chi connectivity index (χ0) is 12.4. The molecule has 1 atom stereocenters. The lowest BCUT2D eigenvalue weighted by atomic mass is 10.0. The van der Waals surface area contributed by atoms with Crippen molar-refractivity contribution in [2.75, 3.05) is 0 Å². The minimum Gasteiger partial charge on any atom is -0.386 e. The number of hydrogen-bond acceptors (Lipinski definition) is 2. The van der Waals surface area contributed by atoms with Gasteiger partial charge in [-0.15, -0.1) is 0 Å². The number of hydrogen-bond donors (Lipinski definition) is 1. The van der Waals surface area contributed by atoms with Crippen molar-refractivity contribution in [2.45, 2.75) is 26.4 Å².